The molecule has 0 amide bonds. The summed E-state index contributed by atoms with van der Waals surface area (Å²) >= 11 is 0. The number of benzene rings is 1. The van der Waals surface area contributed by atoms with Crippen molar-refractivity contribution >= 4 is 15.5 Å². The Hall–Kier alpha value is -2.66. The number of ether oxygens (including phenoxy) is 1. The van der Waals surface area contributed by atoms with Crippen molar-refractivity contribution in [2.45, 2.75) is 29.3 Å². The van der Waals surface area contributed by atoms with Gasteiger partial charge in [0.15, 0.2) is 5.75 Å². The number of hydrogen-bond donors (Lipinski definition) is 1. The Balaban J connectivity index is 1.85. The van der Waals surface area contributed by atoms with Gasteiger partial charge >= 0.3 is 5.51 Å². The molecule has 142 valence electrons. The van der Waals surface area contributed by atoms with E-state index in [1.807, 2.05) is 0 Å². The molecule has 0 saturated heterocycles. The summed E-state index contributed by atoms with van der Waals surface area (Å²) in [7, 11) is -5.59. The fourth-order valence-electron chi connectivity index (χ4n) is 3.15. The lowest BCUT2D eigenvalue weighted by molar-refractivity contribution is -0.0437. The maximum absolute atomic E-state index is 13.0. The Morgan fingerprint density at radius 1 is 1.22 bits per heavy atom. The molecule has 2 heterocycles. The van der Waals surface area contributed by atoms with E-state index in [1.54, 1.807) is 22.7 Å². The summed E-state index contributed by atoms with van der Waals surface area (Å²) in [6, 6.07) is 5.25. The average Bonchev–Trinajstić information content (AvgIpc) is 3.22. The maximum atomic E-state index is 13.0. The molecule has 1 atom stereocenters. The number of aromatic nitrogens is 3. The number of aliphatic hydroxyl groups excluding tert-OH is 1. The Labute approximate surface area is 150 Å². The van der Waals surface area contributed by atoms with Gasteiger partial charge in [0.1, 0.15) is 12.1 Å². The lowest BCUT2D eigenvalue weighted by atomic mass is 10.1. The summed E-state index contributed by atoms with van der Waals surface area (Å²) in [5, 5.41) is 17.8. The first-order valence-corrected chi connectivity index (χ1v) is 9.30. The SMILES string of the molecule is O=S(=O)(c1ccc(Oc2cccn3cnnc23)c2c1[C@H](O)CC2)C(F)(F)F. The largest absolute Gasteiger partial charge is 0.501 e. The summed E-state index contributed by atoms with van der Waals surface area (Å²) < 4.78 is 70.1. The highest BCUT2D eigenvalue weighted by Gasteiger charge is 2.49. The number of fused-ring (bicyclic) bond motifs is 2. The lowest BCUT2D eigenvalue weighted by Gasteiger charge is -2.17. The molecule has 1 N–H and O–H groups in total. The summed E-state index contributed by atoms with van der Waals surface area (Å²) in [6.07, 6.45) is 2.11. The third-order valence-corrected chi connectivity index (χ3v) is 5.92. The van der Waals surface area contributed by atoms with Crippen molar-refractivity contribution < 1.29 is 31.4 Å². The second-order valence-corrected chi connectivity index (χ2v) is 7.90. The van der Waals surface area contributed by atoms with Crippen LogP contribution in [-0.4, -0.2) is 33.6 Å². The van der Waals surface area contributed by atoms with E-state index in [0.29, 0.717) is 11.4 Å². The van der Waals surface area contributed by atoms with Gasteiger partial charge < -0.3 is 9.84 Å². The third-order valence-electron chi connectivity index (χ3n) is 4.38. The van der Waals surface area contributed by atoms with Crippen LogP contribution in [0.15, 0.2) is 41.7 Å². The van der Waals surface area contributed by atoms with Crippen LogP contribution in [0.3, 0.4) is 0 Å². The molecule has 7 nitrogen and oxygen atoms in total. The summed E-state index contributed by atoms with van der Waals surface area (Å²) in [6.45, 7) is 0. The molecule has 1 aromatic carbocycles. The molecular weight excluding hydrogens is 387 g/mol. The molecule has 4 rings (SSSR count). The minimum absolute atomic E-state index is 0.102. The van der Waals surface area contributed by atoms with E-state index in [4.69, 9.17) is 4.74 Å². The first-order valence-electron chi connectivity index (χ1n) is 7.81. The molecule has 1 aliphatic rings. The Kier molecular flexibility index (Phi) is 3.89. The zero-order valence-electron chi connectivity index (χ0n) is 13.5. The van der Waals surface area contributed by atoms with Crippen LogP contribution < -0.4 is 4.74 Å². The number of halogens is 3. The summed E-state index contributed by atoms with van der Waals surface area (Å²) in [4.78, 5) is -0.942. The standard InChI is InChI=1S/C16H12F3N3O4S/c17-16(18,19)27(24,25)13-6-5-11(9-3-4-10(23)14(9)13)26-12-2-1-7-22-8-20-21-15(12)22/h1-2,5-8,10,23H,3-4H2/t10-/m1/s1. The molecule has 0 spiro atoms. The van der Waals surface area contributed by atoms with E-state index < -0.39 is 26.3 Å². The summed E-state index contributed by atoms with van der Waals surface area (Å²) in [5.41, 5.74) is -5.11. The van der Waals surface area contributed by atoms with Crippen molar-refractivity contribution in [2.75, 3.05) is 0 Å². The molecule has 0 bridgehead atoms. The van der Waals surface area contributed by atoms with Crippen LogP contribution in [0.1, 0.15) is 23.7 Å². The van der Waals surface area contributed by atoms with E-state index in [0.717, 1.165) is 12.1 Å². The Morgan fingerprint density at radius 2 is 2.00 bits per heavy atom. The van der Waals surface area contributed by atoms with E-state index in [-0.39, 0.29) is 29.7 Å². The number of aliphatic hydroxyl groups is 1. The number of rotatable bonds is 3. The Bertz CT molecular complexity index is 1140. The maximum Gasteiger partial charge on any atom is 0.501 e. The third kappa shape index (κ3) is 2.73. The fourth-order valence-corrected chi connectivity index (χ4v) is 4.20. The predicted octanol–water partition coefficient (Wildman–Crippen LogP) is 2.79. The van der Waals surface area contributed by atoms with Gasteiger partial charge in [0, 0.05) is 17.3 Å². The second kappa shape index (κ2) is 5.92. The first-order chi connectivity index (χ1) is 12.7. The van der Waals surface area contributed by atoms with Gasteiger partial charge in [-0.05, 0) is 37.1 Å². The van der Waals surface area contributed by atoms with Gasteiger partial charge in [-0.15, -0.1) is 10.2 Å². The highest BCUT2D eigenvalue weighted by atomic mass is 32.2. The molecule has 0 saturated carbocycles. The van der Waals surface area contributed by atoms with Gasteiger partial charge in [0.25, 0.3) is 9.84 Å². The fraction of sp³-hybridized carbons (Fsp3) is 0.250. The molecule has 0 aliphatic heterocycles. The van der Waals surface area contributed by atoms with Gasteiger partial charge in [-0.2, -0.15) is 13.2 Å². The molecule has 11 heteroatoms. The van der Waals surface area contributed by atoms with Crippen LogP contribution in [0.2, 0.25) is 0 Å². The number of hydrogen-bond acceptors (Lipinski definition) is 6. The monoisotopic (exact) mass is 399 g/mol. The van der Waals surface area contributed by atoms with Crippen LogP contribution in [0.4, 0.5) is 13.2 Å². The van der Waals surface area contributed by atoms with E-state index in [2.05, 4.69) is 10.2 Å². The average molecular weight is 399 g/mol. The zero-order valence-corrected chi connectivity index (χ0v) is 14.3. The van der Waals surface area contributed by atoms with Crippen molar-refractivity contribution in [3.8, 4) is 11.5 Å². The van der Waals surface area contributed by atoms with Gasteiger partial charge in [0.05, 0.1) is 11.0 Å². The van der Waals surface area contributed by atoms with Crippen molar-refractivity contribution in [3.05, 3.63) is 47.9 Å². The topological polar surface area (TPSA) is 93.8 Å². The Morgan fingerprint density at radius 3 is 2.74 bits per heavy atom. The number of sulfone groups is 1. The normalized spacial score (nSPS) is 17.3. The van der Waals surface area contributed by atoms with Crippen LogP contribution in [0.5, 0.6) is 11.5 Å². The smallest absolute Gasteiger partial charge is 0.453 e. The minimum atomic E-state index is -5.59. The van der Waals surface area contributed by atoms with Crippen LogP contribution in [0.25, 0.3) is 5.65 Å². The summed E-state index contributed by atoms with van der Waals surface area (Å²) in [5.74, 6) is 0.462. The minimum Gasteiger partial charge on any atom is -0.453 e. The van der Waals surface area contributed by atoms with Crippen LogP contribution in [0, 0.1) is 0 Å². The molecule has 2 aromatic heterocycles. The second-order valence-electron chi connectivity index (χ2n) is 5.99. The molecule has 27 heavy (non-hydrogen) atoms. The van der Waals surface area contributed by atoms with E-state index >= 15 is 0 Å². The molecule has 1 aliphatic carbocycles. The lowest BCUT2D eigenvalue weighted by Crippen LogP contribution is -2.24. The number of pyridine rings is 1. The highest BCUT2D eigenvalue weighted by Crippen LogP contribution is 2.45. The molecule has 0 unspecified atom stereocenters. The van der Waals surface area contributed by atoms with Crippen molar-refractivity contribution in [3.63, 3.8) is 0 Å². The van der Waals surface area contributed by atoms with Gasteiger partial charge in [0.2, 0.25) is 5.65 Å². The molecule has 3 aromatic rings. The first kappa shape index (κ1) is 17.7. The van der Waals surface area contributed by atoms with Gasteiger partial charge in [-0.1, -0.05) is 0 Å². The van der Waals surface area contributed by atoms with E-state index in [1.165, 1.54) is 6.33 Å². The molecule has 0 fully saturated rings. The quantitative estimate of drug-likeness (QED) is 0.728. The molecule has 0 radical (unpaired) electrons. The van der Waals surface area contributed by atoms with Crippen LogP contribution >= 0.6 is 0 Å². The van der Waals surface area contributed by atoms with Gasteiger partial charge in [-0.25, -0.2) is 8.42 Å². The van der Waals surface area contributed by atoms with E-state index in [9.17, 15) is 26.7 Å². The highest BCUT2D eigenvalue weighted by molar-refractivity contribution is 7.92. The van der Waals surface area contributed by atoms with Crippen molar-refractivity contribution in [2.24, 2.45) is 0 Å². The van der Waals surface area contributed by atoms with Crippen molar-refractivity contribution in [1.82, 2.24) is 14.6 Å². The van der Waals surface area contributed by atoms with Crippen molar-refractivity contribution in [1.29, 1.82) is 0 Å². The number of nitrogens with zero attached hydrogens (tertiary/aromatic N) is 3. The van der Waals surface area contributed by atoms with Gasteiger partial charge in [-0.3, -0.25) is 4.40 Å². The zero-order chi connectivity index (χ0) is 19.4. The number of alkyl halides is 3. The molecular formula is C16H12F3N3O4S. The predicted molar refractivity (Wildman–Crippen MR) is 86.0 cm³/mol. The van der Waals surface area contributed by atoms with Crippen LogP contribution in [-0.2, 0) is 16.3 Å².